The minimum absolute atomic E-state index is 0.0142. The van der Waals surface area contributed by atoms with Gasteiger partial charge in [-0.3, -0.25) is 4.79 Å². The number of rotatable bonds is 4. The average molecular weight is 275 g/mol. The highest BCUT2D eigenvalue weighted by molar-refractivity contribution is 5.93. The zero-order valence-electron chi connectivity index (χ0n) is 12.5. The van der Waals surface area contributed by atoms with Gasteiger partial charge in [-0.15, -0.1) is 0 Å². The van der Waals surface area contributed by atoms with Gasteiger partial charge in [0.15, 0.2) is 6.04 Å². The summed E-state index contributed by atoms with van der Waals surface area (Å²) in [4.78, 5) is 12.2. The molecule has 0 aromatic heterocycles. The van der Waals surface area contributed by atoms with Crippen LogP contribution in [0.1, 0.15) is 51.9 Å². The number of hydrogen-bond donors (Lipinski definition) is 2. The van der Waals surface area contributed by atoms with Gasteiger partial charge in [0.05, 0.1) is 6.04 Å². The number of nitrogens with two attached hydrogens (primary N) is 1. The normalized spacial score (nSPS) is 18.9. The highest BCUT2D eigenvalue weighted by Gasteiger charge is 2.22. The molecule has 110 valence electrons. The molecule has 1 atom stereocenters. The van der Waals surface area contributed by atoms with Crippen molar-refractivity contribution in [2.24, 2.45) is 0 Å². The molecular formula is C17H27N2O+. The van der Waals surface area contributed by atoms with Gasteiger partial charge in [-0.25, -0.2) is 0 Å². The number of hydrogen-bond acceptors (Lipinski definition) is 1. The summed E-state index contributed by atoms with van der Waals surface area (Å²) in [6.07, 6.45) is 9.23. The Balaban J connectivity index is 1.80. The minimum atomic E-state index is -0.0142. The molecule has 0 spiro atoms. The van der Waals surface area contributed by atoms with Crippen molar-refractivity contribution in [1.82, 2.24) is 0 Å². The summed E-state index contributed by atoms with van der Waals surface area (Å²) in [6, 6.07) is 10.3. The Morgan fingerprint density at radius 2 is 1.70 bits per heavy atom. The van der Waals surface area contributed by atoms with Gasteiger partial charge in [-0.1, -0.05) is 37.5 Å². The summed E-state index contributed by atoms with van der Waals surface area (Å²) in [7, 11) is 0. The molecule has 1 saturated carbocycles. The molecule has 0 bridgehead atoms. The smallest absolute Gasteiger partial charge is 0.282 e. The van der Waals surface area contributed by atoms with E-state index in [-0.39, 0.29) is 11.9 Å². The monoisotopic (exact) mass is 275 g/mol. The summed E-state index contributed by atoms with van der Waals surface area (Å²) in [5, 5.41) is 5.26. The molecule has 3 nitrogen and oxygen atoms in total. The van der Waals surface area contributed by atoms with Crippen LogP contribution >= 0.6 is 0 Å². The number of carbonyl (C=O) groups is 1. The summed E-state index contributed by atoms with van der Waals surface area (Å²) in [6.45, 7) is 2.01. The molecule has 20 heavy (non-hydrogen) atoms. The quantitative estimate of drug-likeness (QED) is 0.872. The minimum Gasteiger partial charge on any atom is -0.334 e. The number of nitrogens with one attached hydrogen (secondary N) is 1. The van der Waals surface area contributed by atoms with Crippen molar-refractivity contribution in [2.45, 2.75) is 64.0 Å². The van der Waals surface area contributed by atoms with Crippen molar-refractivity contribution in [3.05, 3.63) is 30.3 Å². The Labute approximate surface area is 122 Å². The van der Waals surface area contributed by atoms with Crippen LogP contribution in [0.15, 0.2) is 30.3 Å². The first-order chi connectivity index (χ1) is 9.75. The van der Waals surface area contributed by atoms with Crippen LogP contribution in [0.2, 0.25) is 0 Å². The first kappa shape index (κ1) is 15.0. The van der Waals surface area contributed by atoms with Gasteiger partial charge in [0.25, 0.3) is 5.91 Å². The van der Waals surface area contributed by atoms with E-state index >= 15 is 0 Å². The number of quaternary nitrogens is 1. The first-order valence-corrected chi connectivity index (χ1v) is 7.96. The fourth-order valence-electron chi connectivity index (χ4n) is 2.95. The van der Waals surface area contributed by atoms with E-state index in [4.69, 9.17) is 0 Å². The Kier molecular flexibility index (Phi) is 6.06. The van der Waals surface area contributed by atoms with Crippen molar-refractivity contribution in [3.8, 4) is 0 Å². The molecule has 1 aromatic rings. The highest BCUT2D eigenvalue weighted by Crippen LogP contribution is 2.15. The summed E-state index contributed by atoms with van der Waals surface area (Å²) >= 11 is 0. The summed E-state index contributed by atoms with van der Waals surface area (Å²) in [5.41, 5.74) is 0.885. The third-order valence-corrected chi connectivity index (χ3v) is 4.17. The maximum absolute atomic E-state index is 12.2. The van der Waals surface area contributed by atoms with E-state index in [0.717, 1.165) is 5.69 Å². The van der Waals surface area contributed by atoms with Gasteiger partial charge in [-0.2, -0.15) is 0 Å². The standard InChI is InChI=1S/C17H26N2O/c1-14(17(20)19-16-12-8-5-9-13-16)18-15-10-6-3-2-4-7-11-15/h5,8-9,12-15,18H,2-4,6-7,10-11H2,1H3,(H,19,20)/p+1/t14-/m1/s1. The SMILES string of the molecule is C[C@@H]([NH2+]C1CCCCCCC1)C(=O)Nc1ccccc1. The van der Waals surface area contributed by atoms with Crippen molar-refractivity contribution < 1.29 is 10.1 Å². The Bertz CT molecular complexity index is 397. The van der Waals surface area contributed by atoms with Crippen LogP contribution < -0.4 is 10.6 Å². The van der Waals surface area contributed by atoms with Gasteiger partial charge in [0.1, 0.15) is 0 Å². The van der Waals surface area contributed by atoms with Crippen LogP contribution in [0, 0.1) is 0 Å². The third kappa shape index (κ3) is 4.97. The van der Waals surface area contributed by atoms with E-state index < -0.39 is 0 Å². The van der Waals surface area contributed by atoms with Crippen LogP contribution in [0.4, 0.5) is 5.69 Å². The van der Waals surface area contributed by atoms with Crippen LogP contribution in [0.3, 0.4) is 0 Å². The van der Waals surface area contributed by atoms with Crippen LogP contribution in [-0.2, 0) is 4.79 Å². The maximum Gasteiger partial charge on any atom is 0.282 e. The average Bonchev–Trinajstić information content (AvgIpc) is 2.42. The molecular weight excluding hydrogens is 248 g/mol. The van der Waals surface area contributed by atoms with E-state index in [0.29, 0.717) is 6.04 Å². The molecule has 0 heterocycles. The van der Waals surface area contributed by atoms with Crippen molar-refractivity contribution >= 4 is 11.6 Å². The van der Waals surface area contributed by atoms with E-state index in [9.17, 15) is 4.79 Å². The molecule has 1 aromatic carbocycles. The predicted octanol–water partition coefficient (Wildman–Crippen LogP) is 2.69. The molecule has 1 aliphatic rings. The fourth-order valence-corrected chi connectivity index (χ4v) is 2.95. The third-order valence-electron chi connectivity index (χ3n) is 4.17. The summed E-state index contributed by atoms with van der Waals surface area (Å²) < 4.78 is 0. The topological polar surface area (TPSA) is 45.7 Å². The lowest BCUT2D eigenvalue weighted by atomic mass is 9.96. The second-order valence-corrected chi connectivity index (χ2v) is 5.94. The van der Waals surface area contributed by atoms with Gasteiger partial charge in [0, 0.05) is 5.69 Å². The van der Waals surface area contributed by atoms with E-state index in [1.165, 1.54) is 44.9 Å². The number of benzene rings is 1. The van der Waals surface area contributed by atoms with E-state index in [1.807, 2.05) is 37.3 Å². The van der Waals surface area contributed by atoms with Crippen molar-refractivity contribution in [1.29, 1.82) is 0 Å². The zero-order valence-corrected chi connectivity index (χ0v) is 12.5. The largest absolute Gasteiger partial charge is 0.334 e. The van der Waals surface area contributed by atoms with Gasteiger partial charge in [0.2, 0.25) is 0 Å². The number of para-hydroxylation sites is 1. The predicted molar refractivity (Wildman–Crippen MR) is 82.6 cm³/mol. The first-order valence-electron chi connectivity index (χ1n) is 7.96. The molecule has 0 aliphatic heterocycles. The molecule has 3 heteroatoms. The fraction of sp³-hybridized carbons (Fsp3) is 0.588. The van der Waals surface area contributed by atoms with Crippen LogP contribution in [0.25, 0.3) is 0 Å². The molecule has 0 radical (unpaired) electrons. The van der Waals surface area contributed by atoms with Crippen LogP contribution in [-0.4, -0.2) is 18.0 Å². The Morgan fingerprint density at radius 3 is 2.35 bits per heavy atom. The van der Waals surface area contributed by atoms with Crippen molar-refractivity contribution in [3.63, 3.8) is 0 Å². The maximum atomic E-state index is 12.2. The van der Waals surface area contributed by atoms with Gasteiger partial charge < -0.3 is 10.6 Å². The summed E-state index contributed by atoms with van der Waals surface area (Å²) in [5.74, 6) is 0.109. The number of amides is 1. The lowest BCUT2D eigenvalue weighted by Crippen LogP contribution is -2.96. The van der Waals surface area contributed by atoms with Gasteiger partial charge in [-0.05, 0) is 44.7 Å². The molecule has 1 aliphatic carbocycles. The molecule has 0 saturated heterocycles. The lowest BCUT2D eigenvalue weighted by Gasteiger charge is -2.21. The van der Waals surface area contributed by atoms with Gasteiger partial charge >= 0.3 is 0 Å². The van der Waals surface area contributed by atoms with E-state index in [1.54, 1.807) is 0 Å². The molecule has 2 rings (SSSR count). The van der Waals surface area contributed by atoms with Crippen LogP contribution in [0.5, 0.6) is 0 Å². The lowest BCUT2D eigenvalue weighted by molar-refractivity contribution is -0.707. The molecule has 1 amide bonds. The highest BCUT2D eigenvalue weighted by atomic mass is 16.2. The number of anilines is 1. The molecule has 0 unspecified atom stereocenters. The zero-order chi connectivity index (χ0) is 14.2. The molecule has 1 fully saturated rings. The second-order valence-electron chi connectivity index (χ2n) is 5.94. The Hall–Kier alpha value is -1.35. The Morgan fingerprint density at radius 1 is 1.10 bits per heavy atom. The second kappa shape index (κ2) is 8.05. The van der Waals surface area contributed by atoms with Crippen molar-refractivity contribution in [2.75, 3.05) is 5.32 Å². The van der Waals surface area contributed by atoms with E-state index in [2.05, 4.69) is 10.6 Å². The molecule has 3 N–H and O–H groups in total. The number of carbonyl (C=O) groups excluding carboxylic acids is 1.